The van der Waals surface area contributed by atoms with Crippen LogP contribution in [0.15, 0.2) is 45.5 Å². The molecule has 0 bridgehead atoms. The molecule has 128 valence electrons. The molecule has 8 heteroatoms. The van der Waals surface area contributed by atoms with Gasteiger partial charge in [0, 0.05) is 11.6 Å². The molecular weight excluding hydrogens is 396 g/mol. The van der Waals surface area contributed by atoms with Crippen LogP contribution in [0.1, 0.15) is 16.1 Å². The Morgan fingerprint density at radius 1 is 1.33 bits per heavy atom. The van der Waals surface area contributed by atoms with Crippen molar-refractivity contribution in [3.63, 3.8) is 0 Å². The van der Waals surface area contributed by atoms with E-state index in [0.717, 1.165) is 10.2 Å². The third-order valence-electron chi connectivity index (χ3n) is 2.96. The summed E-state index contributed by atoms with van der Waals surface area (Å²) in [7, 11) is 1.59. The molecule has 1 amide bonds. The van der Waals surface area contributed by atoms with Crippen molar-refractivity contribution in [2.45, 2.75) is 6.54 Å². The van der Waals surface area contributed by atoms with Crippen molar-refractivity contribution < 1.29 is 18.7 Å². The van der Waals surface area contributed by atoms with Crippen LogP contribution in [0, 0.1) is 0 Å². The monoisotopic (exact) mass is 412 g/mol. The summed E-state index contributed by atoms with van der Waals surface area (Å²) in [5.74, 6) is 0.819. The quantitative estimate of drug-likeness (QED) is 0.537. The van der Waals surface area contributed by atoms with Crippen molar-refractivity contribution >= 4 is 39.2 Å². The van der Waals surface area contributed by atoms with Gasteiger partial charge < -0.3 is 19.2 Å². The number of amides is 1. The number of hydrogen-bond acceptors (Lipinski definition) is 5. The first kappa shape index (κ1) is 18.4. The second kappa shape index (κ2) is 9.41. The van der Waals surface area contributed by atoms with E-state index in [0.29, 0.717) is 31.1 Å². The summed E-state index contributed by atoms with van der Waals surface area (Å²) in [6.07, 6.45) is 1.57. The predicted octanol–water partition coefficient (Wildman–Crippen LogP) is 2.87. The van der Waals surface area contributed by atoms with Gasteiger partial charge in [-0.1, -0.05) is 15.9 Å². The van der Waals surface area contributed by atoms with Gasteiger partial charge in [0.05, 0.1) is 25.0 Å². The molecule has 2 N–H and O–H groups in total. The lowest BCUT2D eigenvalue weighted by atomic mass is 10.2. The Hall–Kier alpha value is -1.90. The molecule has 0 atom stereocenters. The van der Waals surface area contributed by atoms with Gasteiger partial charge in [-0.25, -0.2) is 0 Å². The summed E-state index contributed by atoms with van der Waals surface area (Å²) >= 11 is 8.48. The van der Waals surface area contributed by atoms with Gasteiger partial charge in [-0.3, -0.25) is 10.1 Å². The SMILES string of the molecule is COCCOc1ccc(Br)cc1C(=O)NC(=S)NCc1ccco1. The Balaban J connectivity index is 1.97. The summed E-state index contributed by atoms with van der Waals surface area (Å²) in [5, 5.41) is 5.74. The highest BCUT2D eigenvalue weighted by atomic mass is 79.9. The van der Waals surface area contributed by atoms with Crippen LogP contribution in [0.3, 0.4) is 0 Å². The summed E-state index contributed by atoms with van der Waals surface area (Å²) < 4.78 is 16.5. The Morgan fingerprint density at radius 3 is 2.88 bits per heavy atom. The van der Waals surface area contributed by atoms with Crippen LogP contribution >= 0.6 is 28.1 Å². The summed E-state index contributed by atoms with van der Waals surface area (Å²) in [5.41, 5.74) is 0.377. The number of nitrogens with one attached hydrogen (secondary N) is 2. The van der Waals surface area contributed by atoms with Crippen LogP contribution in [0.2, 0.25) is 0 Å². The number of hydrogen-bond donors (Lipinski definition) is 2. The number of methoxy groups -OCH3 is 1. The summed E-state index contributed by atoms with van der Waals surface area (Å²) in [6, 6.07) is 8.78. The van der Waals surface area contributed by atoms with E-state index in [1.54, 1.807) is 37.6 Å². The summed E-state index contributed by atoms with van der Waals surface area (Å²) in [4.78, 5) is 12.4. The van der Waals surface area contributed by atoms with E-state index in [-0.39, 0.29) is 11.0 Å². The largest absolute Gasteiger partial charge is 0.490 e. The van der Waals surface area contributed by atoms with Crippen LogP contribution in [0.4, 0.5) is 0 Å². The third kappa shape index (κ3) is 5.63. The van der Waals surface area contributed by atoms with Gasteiger partial charge in [-0.2, -0.15) is 0 Å². The summed E-state index contributed by atoms with van der Waals surface area (Å²) in [6.45, 7) is 1.17. The molecule has 0 fully saturated rings. The van der Waals surface area contributed by atoms with E-state index >= 15 is 0 Å². The molecule has 0 unspecified atom stereocenters. The fraction of sp³-hybridized carbons (Fsp3) is 0.250. The molecule has 2 rings (SSSR count). The number of benzene rings is 1. The van der Waals surface area contributed by atoms with Crippen LogP contribution in [-0.2, 0) is 11.3 Å². The van der Waals surface area contributed by atoms with Crippen LogP contribution in [0.25, 0.3) is 0 Å². The van der Waals surface area contributed by atoms with Crippen molar-refractivity contribution in [3.8, 4) is 5.75 Å². The van der Waals surface area contributed by atoms with Crippen LogP contribution < -0.4 is 15.4 Å². The lowest BCUT2D eigenvalue weighted by Crippen LogP contribution is -2.39. The first-order chi connectivity index (χ1) is 11.6. The average Bonchev–Trinajstić information content (AvgIpc) is 3.08. The molecular formula is C16H17BrN2O4S. The van der Waals surface area contributed by atoms with Crippen molar-refractivity contribution in [1.82, 2.24) is 10.6 Å². The van der Waals surface area contributed by atoms with Crippen molar-refractivity contribution in [2.75, 3.05) is 20.3 Å². The van der Waals surface area contributed by atoms with Crippen molar-refractivity contribution in [3.05, 3.63) is 52.4 Å². The lowest BCUT2D eigenvalue weighted by Gasteiger charge is -2.13. The van der Waals surface area contributed by atoms with E-state index in [4.69, 9.17) is 26.1 Å². The third-order valence-corrected chi connectivity index (χ3v) is 3.70. The van der Waals surface area contributed by atoms with Gasteiger partial charge in [0.15, 0.2) is 5.11 Å². The maximum absolute atomic E-state index is 12.4. The van der Waals surface area contributed by atoms with E-state index in [9.17, 15) is 4.79 Å². The number of ether oxygens (including phenoxy) is 2. The van der Waals surface area contributed by atoms with E-state index in [1.165, 1.54) is 0 Å². The van der Waals surface area contributed by atoms with Crippen LogP contribution in [0.5, 0.6) is 5.75 Å². The molecule has 24 heavy (non-hydrogen) atoms. The normalized spacial score (nSPS) is 10.2. The molecule has 0 aliphatic heterocycles. The van der Waals surface area contributed by atoms with Gasteiger partial charge in [0.1, 0.15) is 18.1 Å². The molecule has 0 aliphatic carbocycles. The fourth-order valence-electron chi connectivity index (χ4n) is 1.84. The van der Waals surface area contributed by atoms with E-state index in [1.807, 2.05) is 6.07 Å². The van der Waals surface area contributed by atoms with Gasteiger partial charge >= 0.3 is 0 Å². The van der Waals surface area contributed by atoms with Gasteiger partial charge in [-0.15, -0.1) is 0 Å². The zero-order chi connectivity index (χ0) is 17.4. The Kier molecular flexibility index (Phi) is 7.23. The fourth-order valence-corrected chi connectivity index (χ4v) is 2.36. The molecule has 0 spiro atoms. The highest BCUT2D eigenvalue weighted by Gasteiger charge is 2.15. The molecule has 0 aliphatic rings. The topological polar surface area (TPSA) is 72.7 Å². The van der Waals surface area contributed by atoms with E-state index in [2.05, 4.69) is 26.6 Å². The predicted molar refractivity (Wildman–Crippen MR) is 97.1 cm³/mol. The minimum absolute atomic E-state index is 0.208. The van der Waals surface area contributed by atoms with Gasteiger partial charge in [0.2, 0.25) is 0 Å². The second-order valence-electron chi connectivity index (χ2n) is 4.70. The maximum Gasteiger partial charge on any atom is 0.261 e. The molecule has 2 aromatic rings. The number of carbonyl (C=O) groups is 1. The number of carbonyl (C=O) groups excluding carboxylic acids is 1. The first-order valence-corrected chi connectivity index (χ1v) is 8.33. The Morgan fingerprint density at radius 2 is 2.17 bits per heavy atom. The highest BCUT2D eigenvalue weighted by Crippen LogP contribution is 2.23. The molecule has 0 saturated heterocycles. The maximum atomic E-state index is 12.4. The standard InChI is InChI=1S/C16H17BrN2O4S/c1-21-7-8-23-14-5-4-11(17)9-13(14)15(20)19-16(24)18-10-12-3-2-6-22-12/h2-6,9H,7-8,10H2,1H3,(H2,18,19,20,24). The zero-order valence-electron chi connectivity index (χ0n) is 13.0. The van der Waals surface area contributed by atoms with Gasteiger partial charge in [-0.05, 0) is 42.5 Å². The van der Waals surface area contributed by atoms with Crippen molar-refractivity contribution in [1.29, 1.82) is 0 Å². The molecule has 0 radical (unpaired) electrons. The number of thiocarbonyl (C=S) groups is 1. The molecule has 1 heterocycles. The zero-order valence-corrected chi connectivity index (χ0v) is 15.4. The minimum atomic E-state index is -0.360. The first-order valence-electron chi connectivity index (χ1n) is 7.13. The Labute approximate surface area is 153 Å². The van der Waals surface area contributed by atoms with Crippen LogP contribution in [-0.4, -0.2) is 31.3 Å². The second-order valence-corrected chi connectivity index (χ2v) is 6.02. The van der Waals surface area contributed by atoms with Crippen molar-refractivity contribution in [2.24, 2.45) is 0 Å². The number of halogens is 1. The highest BCUT2D eigenvalue weighted by molar-refractivity contribution is 9.10. The minimum Gasteiger partial charge on any atom is -0.490 e. The molecule has 1 aromatic carbocycles. The number of rotatable bonds is 7. The lowest BCUT2D eigenvalue weighted by molar-refractivity contribution is 0.0968. The molecule has 6 nitrogen and oxygen atoms in total. The molecule has 0 saturated carbocycles. The van der Waals surface area contributed by atoms with Gasteiger partial charge in [0.25, 0.3) is 5.91 Å². The average molecular weight is 413 g/mol. The Bertz CT molecular complexity index is 691. The molecule has 1 aromatic heterocycles. The van der Waals surface area contributed by atoms with E-state index < -0.39 is 0 Å². The number of furan rings is 1. The smallest absolute Gasteiger partial charge is 0.261 e.